The smallest absolute Gasteiger partial charge is 0.408 e. The van der Waals surface area contributed by atoms with Gasteiger partial charge >= 0.3 is 12.2 Å². The topological polar surface area (TPSA) is 118 Å². The predicted octanol–water partition coefficient (Wildman–Crippen LogP) is 3.88. The Morgan fingerprint density at radius 1 is 0.892 bits per heavy atom. The minimum Gasteiger partial charge on any atom is -0.449 e. The molecule has 0 spiro atoms. The van der Waals surface area contributed by atoms with Crippen LogP contribution in [-0.2, 0) is 14.3 Å². The Balaban J connectivity index is 1.36. The van der Waals surface area contributed by atoms with Crippen LogP contribution < -0.4 is 21.3 Å². The largest absolute Gasteiger partial charge is 0.449 e. The molecule has 1 atom stereocenters. The van der Waals surface area contributed by atoms with Gasteiger partial charge in [0.05, 0.1) is 12.7 Å². The Hall–Kier alpha value is -3.59. The number of unbranched alkanes of at least 4 members (excludes halogenated alkanes) is 1. The lowest BCUT2D eigenvalue weighted by Crippen LogP contribution is -2.48. The summed E-state index contributed by atoms with van der Waals surface area (Å²) in [6, 6.07) is 15.9. The Morgan fingerprint density at radius 3 is 2.11 bits per heavy atom. The summed E-state index contributed by atoms with van der Waals surface area (Å²) in [5, 5.41) is 11.0. The lowest BCUT2D eigenvalue weighted by atomic mass is 9.98. The molecular formula is C28H38N4O5. The van der Waals surface area contributed by atoms with E-state index in [1.165, 1.54) is 22.3 Å². The zero-order valence-corrected chi connectivity index (χ0v) is 22.1. The van der Waals surface area contributed by atoms with Gasteiger partial charge in [-0.1, -0.05) is 48.5 Å². The fraction of sp³-hybridized carbons (Fsp3) is 0.464. The van der Waals surface area contributed by atoms with Crippen LogP contribution in [0.25, 0.3) is 11.1 Å². The molecule has 4 N–H and O–H groups in total. The molecule has 0 saturated heterocycles. The van der Waals surface area contributed by atoms with Gasteiger partial charge in [0, 0.05) is 19.5 Å². The molecule has 3 rings (SSSR count). The Kier molecular flexibility index (Phi) is 9.91. The average molecular weight is 511 g/mol. The van der Waals surface area contributed by atoms with Crippen LogP contribution in [0.5, 0.6) is 0 Å². The molecular weight excluding hydrogens is 472 g/mol. The molecule has 1 aliphatic rings. The first kappa shape index (κ1) is 28.0. The summed E-state index contributed by atoms with van der Waals surface area (Å²) >= 11 is 0. The number of hydrogen-bond donors (Lipinski definition) is 4. The lowest BCUT2D eigenvalue weighted by Gasteiger charge is -2.21. The van der Waals surface area contributed by atoms with Gasteiger partial charge < -0.3 is 25.4 Å². The van der Waals surface area contributed by atoms with E-state index in [1.54, 1.807) is 27.8 Å². The zero-order valence-electron chi connectivity index (χ0n) is 22.1. The van der Waals surface area contributed by atoms with Gasteiger partial charge in [0.25, 0.3) is 0 Å². The molecule has 0 bridgehead atoms. The van der Waals surface area contributed by atoms with Gasteiger partial charge in [-0.3, -0.25) is 10.1 Å². The standard InChI is InChI=1S/C28H38N4O5/c1-28(2,3)37-27(35)32-18-31-24(25(33)29-4)15-9-10-16-30-26(34)36-17-23-21-13-7-5-11-19(21)20-12-6-8-14-22(20)23/h5-8,11-14,23-24,31H,9-10,15-18H2,1-4H3,(H,29,33)(H,30,34)(H,32,35). The van der Waals surface area contributed by atoms with Gasteiger partial charge in [0.2, 0.25) is 5.91 Å². The summed E-state index contributed by atoms with van der Waals surface area (Å²) in [6.07, 6.45) is 0.912. The lowest BCUT2D eigenvalue weighted by molar-refractivity contribution is -0.122. The molecule has 0 heterocycles. The molecule has 0 fully saturated rings. The molecule has 37 heavy (non-hydrogen) atoms. The van der Waals surface area contributed by atoms with Crippen molar-refractivity contribution in [1.82, 2.24) is 21.3 Å². The highest BCUT2D eigenvalue weighted by Crippen LogP contribution is 2.44. The SMILES string of the molecule is CNC(=O)C(CCCCNC(=O)OCC1c2ccccc2-c2ccccc21)NCNC(=O)OC(C)(C)C. The number of amides is 3. The summed E-state index contributed by atoms with van der Waals surface area (Å²) < 4.78 is 10.7. The third-order valence-corrected chi connectivity index (χ3v) is 6.08. The second-order valence-electron chi connectivity index (χ2n) is 9.97. The molecule has 0 aliphatic heterocycles. The van der Waals surface area contributed by atoms with Crippen LogP contribution in [0.4, 0.5) is 9.59 Å². The third-order valence-electron chi connectivity index (χ3n) is 6.08. The van der Waals surface area contributed by atoms with E-state index in [2.05, 4.69) is 45.5 Å². The van der Waals surface area contributed by atoms with Gasteiger partial charge in [-0.15, -0.1) is 0 Å². The molecule has 1 aliphatic carbocycles. The van der Waals surface area contributed by atoms with Gasteiger partial charge in [-0.2, -0.15) is 0 Å². The number of carbonyl (C=O) groups excluding carboxylic acids is 3. The molecule has 0 radical (unpaired) electrons. The summed E-state index contributed by atoms with van der Waals surface area (Å²) in [7, 11) is 1.57. The summed E-state index contributed by atoms with van der Waals surface area (Å²) in [6.45, 7) is 6.16. The minimum atomic E-state index is -0.593. The van der Waals surface area contributed by atoms with Gasteiger partial charge in [0.1, 0.15) is 12.2 Å². The number of ether oxygens (including phenoxy) is 2. The van der Waals surface area contributed by atoms with E-state index in [9.17, 15) is 14.4 Å². The number of nitrogens with one attached hydrogen (secondary N) is 4. The molecule has 3 amide bonds. The van der Waals surface area contributed by atoms with E-state index in [4.69, 9.17) is 9.47 Å². The summed E-state index contributed by atoms with van der Waals surface area (Å²) in [5.41, 5.74) is 4.13. The van der Waals surface area contributed by atoms with E-state index < -0.39 is 23.8 Å². The van der Waals surface area contributed by atoms with Crippen LogP contribution in [0, 0.1) is 0 Å². The fourth-order valence-corrected chi connectivity index (χ4v) is 4.37. The summed E-state index contributed by atoms with van der Waals surface area (Å²) in [5.74, 6) is -0.151. The van der Waals surface area contributed by atoms with Crippen LogP contribution in [0.1, 0.15) is 57.1 Å². The van der Waals surface area contributed by atoms with E-state index in [-0.39, 0.29) is 25.1 Å². The van der Waals surface area contributed by atoms with Crippen LogP contribution in [0.2, 0.25) is 0 Å². The third kappa shape index (κ3) is 8.21. The maximum absolute atomic E-state index is 12.3. The van der Waals surface area contributed by atoms with Gasteiger partial charge in [0.15, 0.2) is 0 Å². The maximum Gasteiger partial charge on any atom is 0.408 e. The quantitative estimate of drug-likeness (QED) is 0.269. The van der Waals surface area contributed by atoms with E-state index in [0.717, 1.165) is 0 Å². The van der Waals surface area contributed by atoms with Crippen LogP contribution in [0.15, 0.2) is 48.5 Å². The highest BCUT2D eigenvalue weighted by atomic mass is 16.6. The number of fused-ring (bicyclic) bond motifs is 3. The number of carbonyl (C=O) groups is 3. The van der Waals surface area contributed by atoms with Crippen LogP contribution in [-0.4, -0.2) is 56.6 Å². The highest BCUT2D eigenvalue weighted by molar-refractivity contribution is 5.81. The molecule has 200 valence electrons. The number of alkyl carbamates (subject to hydrolysis) is 2. The average Bonchev–Trinajstić information content (AvgIpc) is 3.18. The Labute approximate surface area is 218 Å². The number of hydrogen-bond acceptors (Lipinski definition) is 6. The zero-order chi connectivity index (χ0) is 26.8. The second-order valence-corrected chi connectivity index (χ2v) is 9.97. The second kappa shape index (κ2) is 13.1. The van der Waals surface area contributed by atoms with Crippen molar-refractivity contribution in [3.8, 4) is 11.1 Å². The van der Waals surface area contributed by atoms with Crippen molar-refractivity contribution >= 4 is 18.1 Å². The first-order valence-electron chi connectivity index (χ1n) is 12.7. The molecule has 0 saturated carbocycles. The van der Waals surface area contributed by atoms with Crippen molar-refractivity contribution < 1.29 is 23.9 Å². The minimum absolute atomic E-state index is 0.0202. The van der Waals surface area contributed by atoms with Crippen molar-refractivity contribution in [2.45, 2.75) is 57.6 Å². The molecule has 9 nitrogen and oxygen atoms in total. The molecule has 2 aromatic rings. The van der Waals surface area contributed by atoms with Crippen LogP contribution in [0.3, 0.4) is 0 Å². The van der Waals surface area contributed by atoms with Crippen molar-refractivity contribution in [1.29, 1.82) is 0 Å². The number of rotatable bonds is 11. The fourth-order valence-electron chi connectivity index (χ4n) is 4.37. The monoisotopic (exact) mass is 510 g/mol. The van der Waals surface area contributed by atoms with Crippen molar-refractivity contribution in [3.63, 3.8) is 0 Å². The normalized spacial score (nSPS) is 13.2. The van der Waals surface area contributed by atoms with Crippen molar-refractivity contribution in [2.24, 2.45) is 0 Å². The Bertz CT molecular complexity index is 1040. The van der Waals surface area contributed by atoms with Crippen LogP contribution >= 0.6 is 0 Å². The predicted molar refractivity (Wildman–Crippen MR) is 142 cm³/mol. The van der Waals surface area contributed by atoms with E-state index in [0.29, 0.717) is 25.8 Å². The first-order chi connectivity index (χ1) is 17.7. The first-order valence-corrected chi connectivity index (χ1v) is 12.7. The molecule has 0 aromatic heterocycles. The van der Waals surface area contributed by atoms with E-state index >= 15 is 0 Å². The van der Waals surface area contributed by atoms with Gasteiger partial charge in [-0.05, 0) is 62.3 Å². The highest BCUT2D eigenvalue weighted by Gasteiger charge is 2.29. The Morgan fingerprint density at radius 2 is 1.51 bits per heavy atom. The number of benzene rings is 2. The van der Waals surface area contributed by atoms with Crippen molar-refractivity contribution in [2.75, 3.05) is 26.9 Å². The van der Waals surface area contributed by atoms with Crippen molar-refractivity contribution in [3.05, 3.63) is 59.7 Å². The molecule has 1 unspecified atom stereocenters. The summed E-state index contributed by atoms with van der Waals surface area (Å²) in [4.78, 5) is 36.3. The van der Waals surface area contributed by atoms with Gasteiger partial charge in [-0.25, -0.2) is 9.59 Å². The number of likely N-dealkylation sites (N-methyl/N-ethyl adjacent to an activating group) is 1. The maximum atomic E-state index is 12.3. The molecule has 9 heteroatoms. The molecule has 2 aromatic carbocycles. The van der Waals surface area contributed by atoms with E-state index in [1.807, 2.05) is 24.3 Å².